The quantitative estimate of drug-likeness (QED) is 0.841. The van der Waals surface area contributed by atoms with Crippen LogP contribution in [0.2, 0.25) is 0 Å². The number of nitrogens with one attached hydrogen (secondary N) is 2. The van der Waals surface area contributed by atoms with Crippen molar-refractivity contribution < 1.29 is 13.2 Å². The molecule has 1 aromatic carbocycles. The third-order valence-electron chi connectivity index (χ3n) is 3.91. The molecule has 0 spiro atoms. The number of thiophene rings is 1. The number of anilines is 1. The molecule has 1 aliphatic rings. The minimum atomic E-state index is -3.60. The summed E-state index contributed by atoms with van der Waals surface area (Å²) in [6, 6.07) is 9.77. The van der Waals surface area contributed by atoms with E-state index in [0.29, 0.717) is 23.7 Å². The van der Waals surface area contributed by atoms with Crippen LogP contribution in [0.4, 0.5) is 5.69 Å². The molecule has 0 bridgehead atoms. The smallest absolute Gasteiger partial charge is 0.271 e. The minimum absolute atomic E-state index is 0.172. The largest absolute Gasteiger partial charge is 0.352 e. The van der Waals surface area contributed by atoms with Crippen LogP contribution in [0.25, 0.3) is 0 Å². The summed E-state index contributed by atoms with van der Waals surface area (Å²) in [6.07, 6.45) is 3.57. The molecule has 7 heteroatoms. The third-order valence-corrected chi connectivity index (χ3v) is 6.69. The summed E-state index contributed by atoms with van der Waals surface area (Å²) in [5.41, 5.74) is 0.838. The van der Waals surface area contributed by atoms with Crippen molar-refractivity contribution in [3.8, 4) is 0 Å². The molecule has 1 aliphatic carbocycles. The number of amides is 1. The predicted octanol–water partition coefficient (Wildman–Crippen LogP) is 3.08. The van der Waals surface area contributed by atoms with Crippen LogP contribution in [0.3, 0.4) is 0 Å². The van der Waals surface area contributed by atoms with Crippen molar-refractivity contribution in [3.05, 3.63) is 47.3 Å². The summed E-state index contributed by atoms with van der Waals surface area (Å²) in [7, 11) is -3.60. The molecule has 5 nitrogen and oxygen atoms in total. The highest BCUT2D eigenvalue weighted by Gasteiger charge is 2.19. The SMILES string of the molecule is O=C(NCC1CCC1)c1cccc(NS(=O)(=O)c2cccs2)c1. The highest BCUT2D eigenvalue weighted by atomic mass is 32.2. The third kappa shape index (κ3) is 3.92. The van der Waals surface area contributed by atoms with E-state index in [-0.39, 0.29) is 10.1 Å². The van der Waals surface area contributed by atoms with Gasteiger partial charge in [0.15, 0.2) is 0 Å². The second-order valence-electron chi connectivity index (χ2n) is 5.63. The first kappa shape index (κ1) is 16.0. The number of rotatable bonds is 6. The van der Waals surface area contributed by atoms with Gasteiger partial charge in [-0.2, -0.15) is 0 Å². The molecule has 2 N–H and O–H groups in total. The molecule has 1 saturated carbocycles. The molecular formula is C16H18N2O3S2. The Hall–Kier alpha value is -1.86. The first-order valence-corrected chi connectivity index (χ1v) is 9.85. The zero-order valence-electron chi connectivity index (χ0n) is 12.5. The fourth-order valence-electron chi connectivity index (χ4n) is 2.38. The minimum Gasteiger partial charge on any atom is -0.352 e. The van der Waals surface area contributed by atoms with Gasteiger partial charge in [0.05, 0.1) is 0 Å². The van der Waals surface area contributed by atoms with Crippen molar-refractivity contribution in [2.45, 2.75) is 23.5 Å². The van der Waals surface area contributed by atoms with E-state index in [1.165, 1.54) is 19.3 Å². The zero-order chi connectivity index (χ0) is 16.3. The van der Waals surface area contributed by atoms with E-state index in [9.17, 15) is 13.2 Å². The van der Waals surface area contributed by atoms with E-state index in [0.717, 1.165) is 11.3 Å². The van der Waals surface area contributed by atoms with Crippen LogP contribution in [0.5, 0.6) is 0 Å². The lowest BCUT2D eigenvalue weighted by atomic mass is 9.85. The standard InChI is InChI=1S/C16H18N2O3S2/c19-16(17-11-12-4-1-5-12)13-6-2-7-14(10-13)18-23(20,21)15-8-3-9-22-15/h2-3,6-10,12,18H,1,4-5,11H2,(H,17,19). The summed E-state index contributed by atoms with van der Waals surface area (Å²) in [4.78, 5) is 12.1. The number of benzene rings is 1. The molecule has 3 rings (SSSR count). The van der Waals surface area contributed by atoms with Gasteiger partial charge in [-0.3, -0.25) is 9.52 Å². The van der Waals surface area contributed by atoms with Crippen LogP contribution in [0.15, 0.2) is 46.0 Å². The summed E-state index contributed by atoms with van der Waals surface area (Å²) >= 11 is 1.15. The topological polar surface area (TPSA) is 75.3 Å². The second-order valence-corrected chi connectivity index (χ2v) is 8.48. The highest BCUT2D eigenvalue weighted by Crippen LogP contribution is 2.25. The molecular weight excluding hydrogens is 332 g/mol. The van der Waals surface area contributed by atoms with Gasteiger partial charge in [-0.25, -0.2) is 8.42 Å². The van der Waals surface area contributed by atoms with E-state index in [1.807, 2.05) is 0 Å². The highest BCUT2D eigenvalue weighted by molar-refractivity contribution is 7.94. The first-order valence-electron chi connectivity index (χ1n) is 7.49. The maximum atomic E-state index is 12.2. The van der Waals surface area contributed by atoms with Crippen LogP contribution in [-0.4, -0.2) is 20.9 Å². The van der Waals surface area contributed by atoms with Crippen molar-refractivity contribution in [2.75, 3.05) is 11.3 Å². The lowest BCUT2D eigenvalue weighted by molar-refractivity contribution is 0.0939. The molecule has 122 valence electrons. The Morgan fingerprint density at radius 3 is 2.70 bits per heavy atom. The van der Waals surface area contributed by atoms with Crippen molar-refractivity contribution in [2.24, 2.45) is 5.92 Å². The van der Waals surface area contributed by atoms with Gasteiger partial charge < -0.3 is 5.32 Å². The van der Waals surface area contributed by atoms with Gasteiger partial charge in [0.1, 0.15) is 4.21 Å². The molecule has 0 radical (unpaired) electrons. The lowest BCUT2D eigenvalue weighted by Crippen LogP contribution is -2.32. The molecule has 0 saturated heterocycles. The van der Waals surface area contributed by atoms with Crippen LogP contribution in [-0.2, 0) is 10.0 Å². The average molecular weight is 350 g/mol. The Morgan fingerprint density at radius 2 is 2.04 bits per heavy atom. The monoisotopic (exact) mass is 350 g/mol. The lowest BCUT2D eigenvalue weighted by Gasteiger charge is -2.25. The van der Waals surface area contributed by atoms with Crippen molar-refractivity contribution in [1.29, 1.82) is 0 Å². The summed E-state index contributed by atoms with van der Waals surface area (Å²) in [5, 5.41) is 4.61. The normalized spacial score (nSPS) is 15.0. The van der Waals surface area contributed by atoms with Crippen LogP contribution >= 0.6 is 11.3 Å². The average Bonchev–Trinajstić information content (AvgIpc) is 3.00. The van der Waals surface area contributed by atoms with E-state index in [1.54, 1.807) is 41.8 Å². The first-order chi connectivity index (χ1) is 11.0. The van der Waals surface area contributed by atoms with Crippen LogP contribution < -0.4 is 10.0 Å². The Morgan fingerprint density at radius 1 is 1.22 bits per heavy atom. The van der Waals surface area contributed by atoms with E-state index < -0.39 is 10.0 Å². The maximum Gasteiger partial charge on any atom is 0.271 e. The van der Waals surface area contributed by atoms with Crippen molar-refractivity contribution in [1.82, 2.24) is 5.32 Å². The molecule has 1 fully saturated rings. The van der Waals surface area contributed by atoms with E-state index in [4.69, 9.17) is 0 Å². The Labute approximate surface area is 139 Å². The molecule has 1 heterocycles. The van der Waals surface area contributed by atoms with Gasteiger partial charge in [-0.1, -0.05) is 18.6 Å². The molecule has 1 amide bonds. The van der Waals surface area contributed by atoms with Gasteiger partial charge in [0.2, 0.25) is 0 Å². The summed E-state index contributed by atoms with van der Waals surface area (Å²) < 4.78 is 27.2. The van der Waals surface area contributed by atoms with Gasteiger partial charge in [0, 0.05) is 17.8 Å². The molecule has 0 atom stereocenters. The molecule has 23 heavy (non-hydrogen) atoms. The van der Waals surface area contributed by atoms with E-state index >= 15 is 0 Å². The fourth-order valence-corrected chi connectivity index (χ4v) is 4.42. The van der Waals surface area contributed by atoms with Crippen LogP contribution in [0, 0.1) is 5.92 Å². The molecule has 0 unspecified atom stereocenters. The number of sulfonamides is 1. The van der Waals surface area contributed by atoms with Crippen molar-refractivity contribution >= 4 is 33.0 Å². The molecule has 2 aromatic rings. The van der Waals surface area contributed by atoms with Gasteiger partial charge in [0.25, 0.3) is 15.9 Å². The van der Waals surface area contributed by atoms with Gasteiger partial charge >= 0.3 is 0 Å². The number of hydrogen-bond donors (Lipinski definition) is 2. The van der Waals surface area contributed by atoms with Crippen molar-refractivity contribution in [3.63, 3.8) is 0 Å². The van der Waals surface area contributed by atoms with Gasteiger partial charge in [-0.05, 0) is 48.4 Å². The predicted molar refractivity (Wildman–Crippen MR) is 91.2 cm³/mol. The van der Waals surface area contributed by atoms with Crippen LogP contribution in [0.1, 0.15) is 29.6 Å². The zero-order valence-corrected chi connectivity index (χ0v) is 14.1. The Bertz CT molecular complexity index is 781. The Kier molecular flexibility index (Phi) is 4.68. The fraction of sp³-hybridized carbons (Fsp3) is 0.312. The Balaban J connectivity index is 1.68. The number of carbonyl (C=O) groups excluding carboxylic acids is 1. The second kappa shape index (κ2) is 6.72. The maximum absolute atomic E-state index is 12.2. The van der Waals surface area contributed by atoms with E-state index in [2.05, 4.69) is 10.0 Å². The molecule has 0 aliphatic heterocycles. The molecule has 1 aromatic heterocycles. The number of hydrogen-bond acceptors (Lipinski definition) is 4. The number of carbonyl (C=O) groups is 1. The summed E-state index contributed by atoms with van der Waals surface area (Å²) in [5.74, 6) is 0.411. The summed E-state index contributed by atoms with van der Waals surface area (Å²) in [6.45, 7) is 0.685. The van der Waals surface area contributed by atoms with Gasteiger partial charge in [-0.15, -0.1) is 11.3 Å².